The maximum absolute atomic E-state index is 12.4. The predicted molar refractivity (Wildman–Crippen MR) is 87.0 cm³/mol. The second-order valence-electron chi connectivity index (χ2n) is 5.95. The van der Waals surface area contributed by atoms with Crippen molar-refractivity contribution in [2.75, 3.05) is 6.54 Å². The highest BCUT2D eigenvalue weighted by Gasteiger charge is 2.23. The first kappa shape index (κ1) is 16.8. The number of aromatic nitrogens is 2. The minimum Gasteiger partial charge on any atom is -0.742 e. The summed E-state index contributed by atoms with van der Waals surface area (Å²) in [7, 11) is -4.61. The molecule has 10 heteroatoms. The van der Waals surface area contributed by atoms with E-state index >= 15 is 0 Å². The average Bonchev–Trinajstić information content (AvgIpc) is 3.26. The van der Waals surface area contributed by atoms with E-state index in [-0.39, 0.29) is 12.1 Å². The molecule has 0 unspecified atom stereocenters. The number of nitrogens with zero attached hydrogens (tertiary/aromatic N) is 2. The summed E-state index contributed by atoms with van der Waals surface area (Å²) >= 11 is 0. The smallest absolute Gasteiger partial charge is 0.256 e. The van der Waals surface area contributed by atoms with Crippen LogP contribution in [-0.2, 0) is 29.6 Å². The minimum atomic E-state index is -4.61. The molecular formula is C16H14N3O6S-. The minimum absolute atomic E-state index is 0.242. The van der Waals surface area contributed by atoms with Crippen LogP contribution in [0.25, 0.3) is 11.6 Å². The third-order valence-corrected chi connectivity index (χ3v) is 4.88. The first-order valence-corrected chi connectivity index (χ1v) is 9.24. The Bertz CT molecular complexity index is 1100. The van der Waals surface area contributed by atoms with Gasteiger partial charge in [-0.2, -0.15) is 0 Å². The van der Waals surface area contributed by atoms with Crippen LogP contribution in [0.3, 0.4) is 0 Å². The molecule has 1 aliphatic heterocycles. The SMILES string of the molecule is O=c1[nH]c(-c2ccco2)nc2c1CN(Cc1ccc(S(=O)(=O)[O-])o1)CC2. The summed E-state index contributed by atoms with van der Waals surface area (Å²) in [5.41, 5.74) is 1.02. The first-order chi connectivity index (χ1) is 12.4. The van der Waals surface area contributed by atoms with Gasteiger partial charge in [0.1, 0.15) is 5.76 Å². The lowest BCUT2D eigenvalue weighted by atomic mass is 10.1. The second kappa shape index (κ2) is 6.24. The molecule has 0 atom stereocenters. The Hall–Kier alpha value is -2.69. The Morgan fingerprint density at radius 1 is 1.31 bits per heavy atom. The van der Waals surface area contributed by atoms with E-state index in [4.69, 9.17) is 8.83 Å². The van der Waals surface area contributed by atoms with Crippen molar-refractivity contribution in [3.05, 3.63) is 57.9 Å². The van der Waals surface area contributed by atoms with Crippen molar-refractivity contribution in [2.45, 2.75) is 24.6 Å². The lowest BCUT2D eigenvalue weighted by Crippen LogP contribution is -2.35. The van der Waals surface area contributed by atoms with Crippen molar-refractivity contribution in [1.82, 2.24) is 14.9 Å². The van der Waals surface area contributed by atoms with Crippen molar-refractivity contribution >= 4 is 10.1 Å². The number of rotatable bonds is 4. The Morgan fingerprint density at radius 2 is 2.15 bits per heavy atom. The molecule has 0 saturated heterocycles. The third kappa shape index (κ3) is 3.21. The van der Waals surface area contributed by atoms with Crippen LogP contribution in [0.4, 0.5) is 0 Å². The molecule has 3 aromatic heterocycles. The molecule has 0 radical (unpaired) electrons. The Morgan fingerprint density at radius 3 is 2.85 bits per heavy atom. The molecular weight excluding hydrogens is 362 g/mol. The average molecular weight is 376 g/mol. The fourth-order valence-electron chi connectivity index (χ4n) is 2.94. The van der Waals surface area contributed by atoms with Crippen LogP contribution < -0.4 is 5.56 Å². The van der Waals surface area contributed by atoms with Crippen LogP contribution >= 0.6 is 0 Å². The standard InChI is InChI=1S/C16H15N3O6S/c20-16-11-9-19(8-10-3-4-14(25-10)26(21,22)23)6-5-12(11)17-15(18-16)13-2-1-7-24-13/h1-4,7H,5-6,8-9H2,(H,17,18,20)(H,21,22,23)/p-1. The van der Waals surface area contributed by atoms with Crippen molar-refractivity contribution < 1.29 is 21.8 Å². The van der Waals surface area contributed by atoms with E-state index < -0.39 is 15.2 Å². The Balaban J connectivity index is 1.55. The van der Waals surface area contributed by atoms with Crippen LogP contribution in [0.5, 0.6) is 0 Å². The molecule has 136 valence electrons. The van der Waals surface area contributed by atoms with Crippen LogP contribution in [0.1, 0.15) is 17.0 Å². The van der Waals surface area contributed by atoms with E-state index in [1.807, 2.05) is 4.90 Å². The number of aromatic amines is 1. The molecule has 0 spiro atoms. The van der Waals surface area contributed by atoms with E-state index in [9.17, 15) is 17.8 Å². The second-order valence-corrected chi connectivity index (χ2v) is 7.26. The summed E-state index contributed by atoms with van der Waals surface area (Å²) in [4.78, 5) is 21.5. The summed E-state index contributed by atoms with van der Waals surface area (Å²) < 4.78 is 43.2. The number of H-pyrrole nitrogens is 1. The molecule has 0 amide bonds. The van der Waals surface area contributed by atoms with Gasteiger partial charge >= 0.3 is 0 Å². The van der Waals surface area contributed by atoms with Gasteiger partial charge in [-0.05, 0) is 24.3 Å². The number of nitrogens with one attached hydrogen (secondary N) is 1. The van der Waals surface area contributed by atoms with Gasteiger partial charge in [0.05, 0.1) is 24.1 Å². The monoisotopic (exact) mass is 376 g/mol. The van der Waals surface area contributed by atoms with E-state index in [1.54, 1.807) is 12.1 Å². The molecule has 26 heavy (non-hydrogen) atoms. The van der Waals surface area contributed by atoms with Gasteiger partial charge in [-0.25, -0.2) is 13.4 Å². The van der Waals surface area contributed by atoms with Crippen molar-refractivity contribution in [3.63, 3.8) is 0 Å². The van der Waals surface area contributed by atoms with Crippen LogP contribution in [0.2, 0.25) is 0 Å². The van der Waals surface area contributed by atoms with Gasteiger partial charge < -0.3 is 18.4 Å². The van der Waals surface area contributed by atoms with Gasteiger partial charge in [0.25, 0.3) is 5.56 Å². The van der Waals surface area contributed by atoms with E-state index in [2.05, 4.69) is 9.97 Å². The zero-order chi connectivity index (χ0) is 18.3. The lowest BCUT2D eigenvalue weighted by Gasteiger charge is -2.26. The summed E-state index contributed by atoms with van der Waals surface area (Å²) in [5.74, 6) is 1.23. The van der Waals surface area contributed by atoms with Gasteiger partial charge in [0, 0.05) is 19.5 Å². The van der Waals surface area contributed by atoms with Crippen molar-refractivity contribution in [1.29, 1.82) is 0 Å². The fraction of sp³-hybridized carbons (Fsp3) is 0.250. The van der Waals surface area contributed by atoms with Crippen molar-refractivity contribution in [3.8, 4) is 11.6 Å². The zero-order valence-corrected chi connectivity index (χ0v) is 14.3. The Labute approximate surface area is 148 Å². The lowest BCUT2D eigenvalue weighted by molar-refractivity contribution is 0.215. The molecule has 3 aromatic rings. The molecule has 0 bridgehead atoms. The molecule has 1 N–H and O–H groups in total. The van der Waals surface area contributed by atoms with Crippen LogP contribution in [0.15, 0.2) is 49.2 Å². The molecule has 4 rings (SSSR count). The molecule has 0 saturated carbocycles. The summed E-state index contributed by atoms with van der Waals surface area (Å²) in [6, 6.07) is 6.02. The van der Waals surface area contributed by atoms with E-state index in [0.717, 1.165) is 6.07 Å². The van der Waals surface area contributed by atoms with Gasteiger partial charge in [0.15, 0.2) is 21.7 Å². The maximum atomic E-state index is 12.4. The molecule has 0 aliphatic carbocycles. The first-order valence-electron chi connectivity index (χ1n) is 7.83. The number of hydrogen-bond acceptors (Lipinski definition) is 8. The number of hydrogen-bond donors (Lipinski definition) is 1. The third-order valence-electron chi connectivity index (χ3n) is 4.17. The fourth-order valence-corrected chi connectivity index (χ4v) is 3.39. The summed E-state index contributed by atoms with van der Waals surface area (Å²) in [5, 5.41) is -0.604. The van der Waals surface area contributed by atoms with E-state index in [0.29, 0.717) is 48.1 Å². The normalized spacial score (nSPS) is 15.1. The highest BCUT2D eigenvalue weighted by molar-refractivity contribution is 7.85. The van der Waals surface area contributed by atoms with Crippen molar-refractivity contribution in [2.24, 2.45) is 0 Å². The topological polar surface area (TPSA) is 132 Å². The molecule has 0 fully saturated rings. The maximum Gasteiger partial charge on any atom is 0.256 e. The largest absolute Gasteiger partial charge is 0.742 e. The van der Waals surface area contributed by atoms with E-state index in [1.165, 1.54) is 12.3 Å². The predicted octanol–water partition coefficient (Wildman–Crippen LogP) is 1.09. The van der Waals surface area contributed by atoms with Gasteiger partial charge in [-0.15, -0.1) is 0 Å². The van der Waals surface area contributed by atoms with Gasteiger partial charge in [-0.1, -0.05) is 0 Å². The van der Waals surface area contributed by atoms with Crippen LogP contribution in [0, 0.1) is 0 Å². The highest BCUT2D eigenvalue weighted by atomic mass is 32.2. The summed E-state index contributed by atoms with van der Waals surface area (Å²) in [6.07, 6.45) is 2.07. The number of furan rings is 2. The highest BCUT2D eigenvalue weighted by Crippen LogP contribution is 2.21. The molecule has 9 nitrogen and oxygen atoms in total. The Kier molecular flexibility index (Phi) is 4.02. The molecule has 0 aromatic carbocycles. The van der Waals surface area contributed by atoms with Gasteiger partial charge in [0.2, 0.25) is 5.09 Å². The molecule has 4 heterocycles. The number of fused-ring (bicyclic) bond motifs is 1. The molecule has 1 aliphatic rings. The van der Waals surface area contributed by atoms with Crippen LogP contribution in [-0.4, -0.2) is 34.4 Å². The summed E-state index contributed by atoms with van der Waals surface area (Å²) in [6.45, 7) is 1.24. The van der Waals surface area contributed by atoms with Gasteiger partial charge in [-0.3, -0.25) is 9.69 Å². The quantitative estimate of drug-likeness (QED) is 0.669. The zero-order valence-electron chi connectivity index (χ0n) is 13.5.